The van der Waals surface area contributed by atoms with E-state index in [2.05, 4.69) is 0 Å². The van der Waals surface area contributed by atoms with Gasteiger partial charge in [-0.15, -0.1) is 0 Å². The first kappa shape index (κ1) is 26.3. The van der Waals surface area contributed by atoms with Crippen molar-refractivity contribution in [1.82, 2.24) is 4.90 Å². The standard InChI is InChI=1S/C26H16ClF6NO3/c1-34(13-14-9-16(25(28,29)30)11-17(10-14)26(31,32)33)23(35)22-21(15-5-3-2-4-6-15)20-12-18(27)7-8-19(20)24(36)37-22/h2-12H,13H2,1H3. The molecule has 0 spiro atoms. The molecule has 0 atom stereocenters. The Kier molecular flexibility index (Phi) is 6.81. The Bertz CT molecular complexity index is 1510. The van der Waals surface area contributed by atoms with E-state index in [0.29, 0.717) is 23.1 Å². The predicted molar refractivity (Wildman–Crippen MR) is 125 cm³/mol. The molecule has 0 aliphatic heterocycles. The van der Waals surface area contributed by atoms with Crippen molar-refractivity contribution in [2.45, 2.75) is 18.9 Å². The highest BCUT2D eigenvalue weighted by atomic mass is 35.5. The summed E-state index contributed by atoms with van der Waals surface area (Å²) < 4.78 is 84.9. The van der Waals surface area contributed by atoms with Crippen molar-refractivity contribution in [3.63, 3.8) is 0 Å². The monoisotopic (exact) mass is 539 g/mol. The number of hydrogen-bond donors (Lipinski definition) is 0. The third-order valence-corrected chi connectivity index (χ3v) is 5.80. The molecular weight excluding hydrogens is 524 g/mol. The molecule has 1 aromatic heterocycles. The van der Waals surface area contributed by atoms with Crippen LogP contribution < -0.4 is 5.63 Å². The van der Waals surface area contributed by atoms with E-state index in [1.165, 1.54) is 25.2 Å². The zero-order valence-corrected chi connectivity index (χ0v) is 19.6. The Morgan fingerprint density at radius 1 is 0.865 bits per heavy atom. The van der Waals surface area contributed by atoms with Crippen LogP contribution in [-0.2, 0) is 18.9 Å². The van der Waals surface area contributed by atoms with Crippen molar-refractivity contribution in [3.8, 4) is 11.1 Å². The molecule has 0 bridgehead atoms. The number of fused-ring (bicyclic) bond motifs is 1. The van der Waals surface area contributed by atoms with E-state index in [4.69, 9.17) is 16.0 Å². The molecule has 4 rings (SSSR count). The fourth-order valence-corrected chi connectivity index (χ4v) is 4.07. The maximum atomic E-state index is 13.4. The Hall–Kier alpha value is -3.79. The number of rotatable bonds is 4. The van der Waals surface area contributed by atoms with E-state index in [1.54, 1.807) is 30.3 Å². The van der Waals surface area contributed by atoms with Crippen LogP contribution in [0.15, 0.2) is 75.9 Å². The van der Waals surface area contributed by atoms with Gasteiger partial charge in [0.25, 0.3) is 5.91 Å². The number of alkyl halides is 6. The van der Waals surface area contributed by atoms with E-state index in [-0.39, 0.29) is 22.0 Å². The second-order valence-corrected chi connectivity index (χ2v) is 8.66. The SMILES string of the molecule is CN(Cc1cc(C(F)(F)F)cc(C(F)(F)F)c1)C(=O)c1oc(=O)c2ccc(Cl)cc2c1-c1ccccc1. The molecule has 0 unspecified atom stereocenters. The van der Waals surface area contributed by atoms with Gasteiger partial charge in [-0.25, -0.2) is 4.79 Å². The number of carbonyl (C=O) groups is 1. The highest BCUT2D eigenvalue weighted by Crippen LogP contribution is 2.37. The number of hydrogen-bond acceptors (Lipinski definition) is 3. The Morgan fingerprint density at radius 2 is 1.46 bits per heavy atom. The molecule has 37 heavy (non-hydrogen) atoms. The van der Waals surface area contributed by atoms with Crippen LogP contribution in [0.1, 0.15) is 27.2 Å². The second-order valence-electron chi connectivity index (χ2n) is 8.22. The predicted octanol–water partition coefficient (Wildman–Crippen LogP) is 7.42. The van der Waals surface area contributed by atoms with Crippen molar-refractivity contribution in [2.24, 2.45) is 0 Å². The van der Waals surface area contributed by atoms with Gasteiger partial charge in [0.15, 0.2) is 0 Å². The third kappa shape index (κ3) is 5.48. The molecule has 192 valence electrons. The number of nitrogens with zero attached hydrogens (tertiary/aromatic N) is 1. The van der Waals surface area contributed by atoms with Crippen LogP contribution in [-0.4, -0.2) is 17.9 Å². The van der Waals surface area contributed by atoms with Gasteiger partial charge in [0, 0.05) is 29.6 Å². The highest BCUT2D eigenvalue weighted by molar-refractivity contribution is 6.31. The molecule has 0 aliphatic carbocycles. The lowest BCUT2D eigenvalue weighted by Gasteiger charge is -2.21. The number of amides is 1. The fraction of sp³-hybridized carbons (Fsp3) is 0.154. The summed E-state index contributed by atoms with van der Waals surface area (Å²) in [6, 6.07) is 13.8. The van der Waals surface area contributed by atoms with Gasteiger partial charge in [0.05, 0.1) is 16.5 Å². The van der Waals surface area contributed by atoms with Crippen molar-refractivity contribution in [3.05, 3.63) is 105 Å². The number of benzene rings is 3. The summed E-state index contributed by atoms with van der Waals surface area (Å²) in [5.74, 6) is -1.36. The maximum Gasteiger partial charge on any atom is 0.416 e. The molecule has 1 heterocycles. The fourth-order valence-electron chi connectivity index (χ4n) is 3.89. The van der Waals surface area contributed by atoms with Crippen LogP contribution in [0.25, 0.3) is 21.9 Å². The lowest BCUT2D eigenvalue weighted by atomic mass is 9.97. The maximum absolute atomic E-state index is 13.4. The van der Waals surface area contributed by atoms with Crippen molar-refractivity contribution in [2.75, 3.05) is 7.05 Å². The van der Waals surface area contributed by atoms with Gasteiger partial charge in [-0.3, -0.25) is 4.79 Å². The van der Waals surface area contributed by atoms with Gasteiger partial charge in [-0.2, -0.15) is 26.3 Å². The van der Waals surface area contributed by atoms with Gasteiger partial charge in [0.1, 0.15) is 0 Å². The van der Waals surface area contributed by atoms with Crippen LogP contribution in [0.5, 0.6) is 0 Å². The summed E-state index contributed by atoms with van der Waals surface area (Å²) in [5, 5.41) is 0.700. The Morgan fingerprint density at radius 3 is 2.03 bits per heavy atom. The molecule has 1 amide bonds. The van der Waals surface area contributed by atoms with Crippen LogP contribution in [0.3, 0.4) is 0 Å². The molecule has 0 saturated heterocycles. The zero-order chi connectivity index (χ0) is 27.1. The second kappa shape index (κ2) is 9.59. The average Bonchev–Trinajstić information content (AvgIpc) is 2.82. The van der Waals surface area contributed by atoms with E-state index in [1.807, 2.05) is 0 Å². The number of halogens is 7. The molecule has 4 aromatic rings. The smallest absolute Gasteiger partial charge is 0.416 e. The topological polar surface area (TPSA) is 50.5 Å². The van der Waals surface area contributed by atoms with Gasteiger partial charge < -0.3 is 9.32 Å². The van der Waals surface area contributed by atoms with Crippen LogP contribution >= 0.6 is 11.6 Å². The Labute approximate surface area is 210 Å². The molecule has 0 N–H and O–H groups in total. The zero-order valence-electron chi connectivity index (χ0n) is 18.9. The van der Waals surface area contributed by atoms with Crippen LogP contribution in [0.2, 0.25) is 5.02 Å². The van der Waals surface area contributed by atoms with Gasteiger partial charge >= 0.3 is 18.0 Å². The summed E-state index contributed by atoms with van der Waals surface area (Å²) in [5.41, 5.74) is -3.60. The molecule has 0 radical (unpaired) electrons. The lowest BCUT2D eigenvalue weighted by Crippen LogP contribution is -2.28. The minimum absolute atomic E-state index is 0.00490. The minimum atomic E-state index is -5.04. The Balaban J connectivity index is 1.83. The summed E-state index contributed by atoms with van der Waals surface area (Å²) in [6.45, 7) is -0.628. The summed E-state index contributed by atoms with van der Waals surface area (Å²) in [7, 11) is 1.17. The molecule has 3 aromatic carbocycles. The molecule has 0 fully saturated rings. The minimum Gasteiger partial charge on any atom is -0.416 e. The normalized spacial score (nSPS) is 12.1. The van der Waals surface area contributed by atoms with Gasteiger partial charge in [-0.1, -0.05) is 41.9 Å². The van der Waals surface area contributed by atoms with Crippen LogP contribution in [0, 0.1) is 0 Å². The van der Waals surface area contributed by atoms with E-state index < -0.39 is 52.9 Å². The molecule has 11 heteroatoms. The first-order valence-electron chi connectivity index (χ1n) is 10.6. The number of carbonyl (C=O) groups excluding carboxylic acids is 1. The summed E-state index contributed by atoms with van der Waals surface area (Å²) >= 11 is 6.12. The van der Waals surface area contributed by atoms with E-state index in [9.17, 15) is 35.9 Å². The van der Waals surface area contributed by atoms with Crippen molar-refractivity contribution in [1.29, 1.82) is 0 Å². The van der Waals surface area contributed by atoms with E-state index in [0.717, 1.165) is 4.90 Å². The largest absolute Gasteiger partial charge is 0.416 e. The molecule has 0 aliphatic rings. The summed E-state index contributed by atoms with van der Waals surface area (Å²) in [6.07, 6.45) is -10.1. The first-order valence-corrected chi connectivity index (χ1v) is 11.0. The van der Waals surface area contributed by atoms with Crippen molar-refractivity contribution < 1.29 is 35.6 Å². The average molecular weight is 540 g/mol. The van der Waals surface area contributed by atoms with Crippen LogP contribution in [0.4, 0.5) is 26.3 Å². The van der Waals surface area contributed by atoms with Gasteiger partial charge in [0.2, 0.25) is 5.76 Å². The molecule has 0 saturated carbocycles. The third-order valence-electron chi connectivity index (χ3n) is 5.56. The summed E-state index contributed by atoms with van der Waals surface area (Å²) in [4.78, 5) is 26.9. The lowest BCUT2D eigenvalue weighted by molar-refractivity contribution is -0.143. The van der Waals surface area contributed by atoms with Crippen molar-refractivity contribution >= 4 is 28.3 Å². The quantitative estimate of drug-likeness (QED) is 0.254. The van der Waals surface area contributed by atoms with E-state index >= 15 is 0 Å². The highest BCUT2D eigenvalue weighted by Gasteiger charge is 2.37. The van der Waals surface area contributed by atoms with Gasteiger partial charge in [-0.05, 0) is 47.5 Å². The molecule has 4 nitrogen and oxygen atoms in total. The molecular formula is C26H16ClF6NO3. The first-order chi connectivity index (χ1) is 17.3.